The molecule has 1 atom stereocenters. The van der Waals surface area contributed by atoms with Crippen molar-refractivity contribution >= 4 is 11.6 Å². The van der Waals surface area contributed by atoms with E-state index < -0.39 is 0 Å². The largest absolute Gasteiger partial charge is 0.393 e. The number of nitrogens with zero attached hydrogens (tertiary/aromatic N) is 4. The van der Waals surface area contributed by atoms with Crippen LogP contribution in [0.2, 0.25) is 0 Å². The zero-order valence-corrected chi connectivity index (χ0v) is 12.9. The molecule has 3 heterocycles. The molecule has 1 saturated carbocycles. The quantitative estimate of drug-likeness (QED) is 0.756. The molecule has 0 aromatic carbocycles. The van der Waals surface area contributed by atoms with Crippen LogP contribution in [0.15, 0.2) is 49.1 Å². The zero-order valence-electron chi connectivity index (χ0n) is 12.9. The second-order valence-corrected chi connectivity index (χ2v) is 6.07. The van der Waals surface area contributed by atoms with Crippen molar-refractivity contribution in [2.75, 3.05) is 0 Å². The maximum absolute atomic E-state index is 12.8. The normalized spacial score (nSPS) is 21.2. The van der Waals surface area contributed by atoms with Gasteiger partial charge in [-0.1, -0.05) is 6.07 Å². The first-order chi connectivity index (χ1) is 11.7. The first kappa shape index (κ1) is 14.8. The molecule has 4 rings (SSSR count). The topological polar surface area (TPSA) is 92.4 Å². The number of rotatable bonds is 4. The van der Waals surface area contributed by atoms with Gasteiger partial charge in [0.15, 0.2) is 5.65 Å². The molecule has 7 nitrogen and oxygen atoms in total. The van der Waals surface area contributed by atoms with Crippen LogP contribution in [0.4, 0.5) is 0 Å². The summed E-state index contributed by atoms with van der Waals surface area (Å²) < 4.78 is 1.71. The van der Waals surface area contributed by atoms with Crippen LogP contribution in [0.25, 0.3) is 5.65 Å². The van der Waals surface area contributed by atoms with Crippen molar-refractivity contribution in [3.05, 3.63) is 60.3 Å². The Morgan fingerprint density at radius 3 is 2.92 bits per heavy atom. The second-order valence-electron chi connectivity index (χ2n) is 6.07. The van der Waals surface area contributed by atoms with Crippen LogP contribution in [0.3, 0.4) is 0 Å². The van der Waals surface area contributed by atoms with Crippen LogP contribution < -0.4 is 5.32 Å². The van der Waals surface area contributed by atoms with Gasteiger partial charge in [0.25, 0.3) is 5.91 Å². The van der Waals surface area contributed by atoms with Crippen molar-refractivity contribution in [3.8, 4) is 0 Å². The van der Waals surface area contributed by atoms with Gasteiger partial charge < -0.3 is 10.4 Å². The Hall–Kier alpha value is -2.80. The standard InChI is InChI=1S/C17H17N5O2/c23-12-8-11(9-12)15(14-5-1-2-6-18-14)20-17(24)13-4-3-7-22-10-19-21-16(13)22/h1-7,10-12,15,23H,8-9H2,(H,20,24). The number of hydrogen-bond donors (Lipinski definition) is 2. The molecule has 0 aliphatic heterocycles. The summed E-state index contributed by atoms with van der Waals surface area (Å²) in [6.07, 6.45) is 6.10. The van der Waals surface area contributed by atoms with Gasteiger partial charge in [-0.3, -0.25) is 14.2 Å². The SMILES string of the molecule is O=C(NC(c1ccccn1)C1CC(O)C1)c1cccn2cnnc12. The maximum Gasteiger partial charge on any atom is 0.255 e. The average molecular weight is 323 g/mol. The van der Waals surface area contributed by atoms with Crippen molar-refractivity contribution in [1.82, 2.24) is 24.9 Å². The number of aliphatic hydroxyl groups is 1. The maximum atomic E-state index is 12.8. The van der Waals surface area contributed by atoms with E-state index in [1.807, 2.05) is 18.2 Å². The van der Waals surface area contributed by atoms with Crippen LogP contribution in [-0.2, 0) is 0 Å². The number of amides is 1. The van der Waals surface area contributed by atoms with Gasteiger partial charge in [-0.2, -0.15) is 0 Å². The fraction of sp³-hybridized carbons (Fsp3) is 0.294. The molecular weight excluding hydrogens is 306 g/mol. The smallest absolute Gasteiger partial charge is 0.255 e. The fourth-order valence-electron chi connectivity index (χ4n) is 3.14. The Bertz CT molecular complexity index is 858. The molecule has 1 aliphatic rings. The van der Waals surface area contributed by atoms with Gasteiger partial charge in [-0.25, -0.2) is 0 Å². The van der Waals surface area contributed by atoms with Crippen LogP contribution in [0.5, 0.6) is 0 Å². The minimum absolute atomic E-state index is 0.177. The molecule has 1 fully saturated rings. The van der Waals surface area contributed by atoms with Crippen LogP contribution in [0, 0.1) is 5.92 Å². The Balaban J connectivity index is 1.62. The van der Waals surface area contributed by atoms with Gasteiger partial charge in [0.05, 0.1) is 23.4 Å². The van der Waals surface area contributed by atoms with Crippen molar-refractivity contribution in [2.45, 2.75) is 25.0 Å². The third kappa shape index (κ3) is 2.63. The second kappa shape index (κ2) is 6.01. The predicted molar refractivity (Wildman–Crippen MR) is 86.2 cm³/mol. The summed E-state index contributed by atoms with van der Waals surface area (Å²) in [6.45, 7) is 0. The number of aliphatic hydroxyl groups excluding tert-OH is 1. The third-order valence-electron chi connectivity index (χ3n) is 4.48. The van der Waals surface area contributed by atoms with E-state index in [4.69, 9.17) is 0 Å². The van der Waals surface area contributed by atoms with Crippen molar-refractivity contribution in [1.29, 1.82) is 0 Å². The molecule has 0 saturated heterocycles. The van der Waals surface area contributed by atoms with E-state index in [1.165, 1.54) is 0 Å². The summed E-state index contributed by atoms with van der Waals surface area (Å²) in [6, 6.07) is 8.92. The molecule has 3 aromatic rings. The fourth-order valence-corrected chi connectivity index (χ4v) is 3.14. The first-order valence-electron chi connectivity index (χ1n) is 7.90. The highest BCUT2D eigenvalue weighted by Crippen LogP contribution is 2.37. The summed E-state index contributed by atoms with van der Waals surface area (Å²) >= 11 is 0. The van der Waals surface area contributed by atoms with E-state index in [9.17, 15) is 9.90 Å². The summed E-state index contributed by atoms with van der Waals surface area (Å²) in [5.74, 6) is -0.0397. The predicted octanol–water partition coefficient (Wildman–Crippen LogP) is 1.37. The minimum Gasteiger partial charge on any atom is -0.393 e. The highest BCUT2D eigenvalue weighted by atomic mass is 16.3. The summed E-state index contributed by atoms with van der Waals surface area (Å²) in [5.41, 5.74) is 1.79. The van der Waals surface area contributed by atoms with Crippen LogP contribution >= 0.6 is 0 Å². The highest BCUT2D eigenvalue weighted by Gasteiger charge is 2.36. The number of hydrogen-bond acceptors (Lipinski definition) is 5. The summed E-state index contributed by atoms with van der Waals surface area (Å²) in [4.78, 5) is 17.2. The average Bonchev–Trinajstić information content (AvgIpc) is 3.06. The molecule has 24 heavy (non-hydrogen) atoms. The van der Waals surface area contributed by atoms with Crippen LogP contribution in [-0.4, -0.2) is 36.7 Å². The monoisotopic (exact) mass is 323 g/mol. The number of carbonyl (C=O) groups is 1. The molecule has 1 unspecified atom stereocenters. The summed E-state index contributed by atoms with van der Waals surface area (Å²) in [5, 5.41) is 20.5. The molecular formula is C17H17N5O2. The molecule has 1 amide bonds. The van der Waals surface area contributed by atoms with Gasteiger partial charge in [-0.15, -0.1) is 10.2 Å². The third-order valence-corrected chi connectivity index (χ3v) is 4.48. The van der Waals surface area contributed by atoms with E-state index in [0.717, 1.165) is 5.69 Å². The molecule has 3 aromatic heterocycles. The Morgan fingerprint density at radius 2 is 2.17 bits per heavy atom. The van der Waals surface area contributed by atoms with Crippen molar-refractivity contribution in [2.24, 2.45) is 5.92 Å². The lowest BCUT2D eigenvalue weighted by atomic mass is 9.76. The first-order valence-corrected chi connectivity index (χ1v) is 7.90. The molecule has 0 radical (unpaired) electrons. The van der Waals surface area contributed by atoms with E-state index in [0.29, 0.717) is 24.1 Å². The minimum atomic E-state index is -0.293. The lowest BCUT2D eigenvalue weighted by molar-refractivity contribution is 0.0228. The molecule has 7 heteroatoms. The molecule has 1 aliphatic carbocycles. The van der Waals surface area contributed by atoms with Gasteiger partial charge in [0.1, 0.15) is 6.33 Å². The highest BCUT2D eigenvalue weighted by molar-refractivity contribution is 5.99. The Kier molecular flexibility index (Phi) is 3.70. The Morgan fingerprint density at radius 1 is 1.29 bits per heavy atom. The number of aromatic nitrogens is 4. The molecule has 0 bridgehead atoms. The number of fused-ring (bicyclic) bond motifs is 1. The molecule has 2 N–H and O–H groups in total. The van der Waals surface area contributed by atoms with Crippen LogP contribution in [0.1, 0.15) is 34.9 Å². The van der Waals surface area contributed by atoms with E-state index >= 15 is 0 Å². The zero-order chi connectivity index (χ0) is 16.5. The lowest BCUT2D eigenvalue weighted by Gasteiger charge is -2.37. The summed E-state index contributed by atoms with van der Waals surface area (Å²) in [7, 11) is 0. The van der Waals surface area contributed by atoms with E-state index in [1.54, 1.807) is 35.3 Å². The van der Waals surface area contributed by atoms with Gasteiger partial charge in [-0.05, 0) is 43.0 Å². The number of nitrogens with one attached hydrogen (secondary N) is 1. The lowest BCUT2D eigenvalue weighted by Crippen LogP contribution is -2.41. The number of carbonyl (C=O) groups excluding carboxylic acids is 1. The van der Waals surface area contributed by atoms with Crippen molar-refractivity contribution in [3.63, 3.8) is 0 Å². The molecule has 0 spiro atoms. The van der Waals surface area contributed by atoms with Gasteiger partial charge >= 0.3 is 0 Å². The van der Waals surface area contributed by atoms with E-state index in [-0.39, 0.29) is 24.0 Å². The number of pyridine rings is 2. The van der Waals surface area contributed by atoms with E-state index in [2.05, 4.69) is 20.5 Å². The van der Waals surface area contributed by atoms with Gasteiger partial charge in [0.2, 0.25) is 0 Å². The van der Waals surface area contributed by atoms with Crippen molar-refractivity contribution < 1.29 is 9.90 Å². The van der Waals surface area contributed by atoms with Gasteiger partial charge in [0, 0.05) is 12.4 Å². The Labute approximate surface area is 138 Å². The molecule has 122 valence electrons.